The first-order valence-electron chi connectivity index (χ1n) is 5.71. The maximum Gasteiger partial charge on any atom is 0.191 e. The van der Waals surface area contributed by atoms with Crippen molar-refractivity contribution in [3.8, 4) is 0 Å². The molecule has 0 saturated heterocycles. The minimum atomic E-state index is 0. The van der Waals surface area contributed by atoms with Crippen molar-refractivity contribution in [2.75, 3.05) is 13.6 Å². The monoisotopic (exact) mass is 347 g/mol. The number of rotatable bonds is 4. The Bertz CT molecular complexity index is 323. The third-order valence-electron chi connectivity index (χ3n) is 2.20. The lowest BCUT2D eigenvalue weighted by Crippen LogP contribution is -2.38. The average Bonchev–Trinajstić information content (AvgIpc) is 2.30. The summed E-state index contributed by atoms with van der Waals surface area (Å²) in [5.41, 5.74) is 1.26. The van der Waals surface area contributed by atoms with E-state index in [1.54, 1.807) is 7.05 Å². The van der Waals surface area contributed by atoms with Crippen LogP contribution in [0.25, 0.3) is 0 Å². The van der Waals surface area contributed by atoms with E-state index in [2.05, 4.69) is 41.6 Å². The smallest absolute Gasteiger partial charge is 0.191 e. The van der Waals surface area contributed by atoms with E-state index in [-0.39, 0.29) is 24.0 Å². The summed E-state index contributed by atoms with van der Waals surface area (Å²) < 4.78 is 0. The number of nitrogens with zero attached hydrogens (tertiary/aromatic N) is 1. The number of hydrogen-bond acceptors (Lipinski definition) is 1. The molecule has 0 radical (unpaired) electrons. The SMILES string of the molecule is CN=C(NCc1ccccc1)NCC(C)C.I. The van der Waals surface area contributed by atoms with Crippen LogP contribution < -0.4 is 10.6 Å². The predicted octanol–water partition coefficient (Wildman–Crippen LogP) is 2.63. The third-order valence-corrected chi connectivity index (χ3v) is 2.20. The molecule has 4 heteroatoms. The highest BCUT2D eigenvalue weighted by molar-refractivity contribution is 14.0. The summed E-state index contributed by atoms with van der Waals surface area (Å²) in [5.74, 6) is 1.48. The lowest BCUT2D eigenvalue weighted by molar-refractivity contribution is 0.614. The Balaban J connectivity index is 0.00000256. The highest BCUT2D eigenvalue weighted by Crippen LogP contribution is 1.96. The molecule has 0 aliphatic carbocycles. The minimum Gasteiger partial charge on any atom is -0.356 e. The van der Waals surface area contributed by atoms with E-state index in [1.807, 2.05) is 18.2 Å². The Hall–Kier alpha value is -0.780. The van der Waals surface area contributed by atoms with E-state index in [4.69, 9.17) is 0 Å². The molecule has 1 aromatic carbocycles. The summed E-state index contributed by atoms with van der Waals surface area (Å²) >= 11 is 0. The van der Waals surface area contributed by atoms with Gasteiger partial charge in [-0.1, -0.05) is 44.2 Å². The standard InChI is InChI=1S/C13H21N3.HI/c1-11(2)9-15-13(14-3)16-10-12-7-5-4-6-8-12;/h4-8,11H,9-10H2,1-3H3,(H2,14,15,16);1H. The van der Waals surface area contributed by atoms with Crippen LogP contribution in [0.5, 0.6) is 0 Å². The molecule has 0 amide bonds. The first kappa shape index (κ1) is 16.2. The zero-order valence-corrected chi connectivity index (χ0v) is 13.1. The van der Waals surface area contributed by atoms with Crippen molar-refractivity contribution in [2.24, 2.45) is 10.9 Å². The van der Waals surface area contributed by atoms with Gasteiger partial charge in [0.05, 0.1) is 0 Å². The minimum absolute atomic E-state index is 0. The lowest BCUT2D eigenvalue weighted by atomic mass is 10.2. The van der Waals surface area contributed by atoms with Gasteiger partial charge in [-0.15, -0.1) is 24.0 Å². The van der Waals surface area contributed by atoms with Gasteiger partial charge in [0.15, 0.2) is 5.96 Å². The second kappa shape index (κ2) is 9.27. The highest BCUT2D eigenvalue weighted by atomic mass is 127. The van der Waals surface area contributed by atoms with E-state index in [1.165, 1.54) is 5.56 Å². The van der Waals surface area contributed by atoms with Crippen LogP contribution in [0, 0.1) is 5.92 Å². The molecule has 0 heterocycles. The molecular formula is C13H22IN3. The van der Waals surface area contributed by atoms with Gasteiger partial charge < -0.3 is 10.6 Å². The molecule has 0 spiro atoms. The zero-order chi connectivity index (χ0) is 11.8. The number of aliphatic imine (C=N–C) groups is 1. The van der Waals surface area contributed by atoms with E-state index >= 15 is 0 Å². The van der Waals surface area contributed by atoms with Gasteiger partial charge in [0.25, 0.3) is 0 Å². The fourth-order valence-electron chi connectivity index (χ4n) is 1.30. The summed E-state index contributed by atoms with van der Waals surface area (Å²) in [4.78, 5) is 4.17. The molecule has 0 aliphatic rings. The number of nitrogens with one attached hydrogen (secondary N) is 2. The number of guanidine groups is 1. The van der Waals surface area contributed by atoms with Crippen molar-refractivity contribution in [3.05, 3.63) is 35.9 Å². The molecule has 0 atom stereocenters. The molecule has 0 aliphatic heterocycles. The molecule has 17 heavy (non-hydrogen) atoms. The summed E-state index contributed by atoms with van der Waals surface area (Å²) in [5, 5.41) is 6.56. The van der Waals surface area contributed by atoms with Gasteiger partial charge in [0.2, 0.25) is 0 Å². The second-order valence-electron chi connectivity index (χ2n) is 4.19. The van der Waals surface area contributed by atoms with Crippen LogP contribution in [-0.4, -0.2) is 19.6 Å². The molecule has 96 valence electrons. The van der Waals surface area contributed by atoms with Gasteiger partial charge >= 0.3 is 0 Å². The Kier molecular flexibility index (Phi) is 8.85. The van der Waals surface area contributed by atoms with E-state index in [0.717, 1.165) is 19.0 Å². The predicted molar refractivity (Wildman–Crippen MR) is 84.9 cm³/mol. The quantitative estimate of drug-likeness (QED) is 0.499. The van der Waals surface area contributed by atoms with Crippen LogP contribution in [0.2, 0.25) is 0 Å². The topological polar surface area (TPSA) is 36.4 Å². The van der Waals surface area contributed by atoms with Gasteiger partial charge in [0, 0.05) is 20.1 Å². The van der Waals surface area contributed by atoms with Crippen molar-refractivity contribution >= 4 is 29.9 Å². The molecule has 1 aromatic rings. The van der Waals surface area contributed by atoms with Crippen LogP contribution in [0.15, 0.2) is 35.3 Å². The number of benzene rings is 1. The van der Waals surface area contributed by atoms with E-state index < -0.39 is 0 Å². The summed E-state index contributed by atoms with van der Waals surface area (Å²) in [6, 6.07) is 10.3. The summed E-state index contributed by atoms with van der Waals surface area (Å²) in [6.07, 6.45) is 0. The molecule has 2 N–H and O–H groups in total. The maximum absolute atomic E-state index is 4.17. The second-order valence-corrected chi connectivity index (χ2v) is 4.19. The molecule has 1 rings (SSSR count). The molecule has 0 bridgehead atoms. The Morgan fingerprint density at radius 1 is 1.18 bits per heavy atom. The molecule has 0 unspecified atom stereocenters. The van der Waals surface area contributed by atoms with Crippen LogP contribution in [-0.2, 0) is 6.54 Å². The van der Waals surface area contributed by atoms with Crippen LogP contribution in [0.4, 0.5) is 0 Å². The van der Waals surface area contributed by atoms with E-state index in [0.29, 0.717) is 5.92 Å². The van der Waals surface area contributed by atoms with Crippen molar-refractivity contribution in [2.45, 2.75) is 20.4 Å². The van der Waals surface area contributed by atoms with Crippen LogP contribution >= 0.6 is 24.0 Å². The zero-order valence-electron chi connectivity index (χ0n) is 10.7. The average molecular weight is 347 g/mol. The number of halogens is 1. The summed E-state index contributed by atoms with van der Waals surface area (Å²) in [7, 11) is 1.79. The highest BCUT2D eigenvalue weighted by Gasteiger charge is 1.98. The normalized spacial score (nSPS) is 10.9. The van der Waals surface area contributed by atoms with Gasteiger partial charge in [-0.3, -0.25) is 4.99 Å². The molecular weight excluding hydrogens is 325 g/mol. The van der Waals surface area contributed by atoms with Crippen molar-refractivity contribution in [3.63, 3.8) is 0 Å². The van der Waals surface area contributed by atoms with E-state index in [9.17, 15) is 0 Å². The van der Waals surface area contributed by atoms with Crippen molar-refractivity contribution in [1.82, 2.24) is 10.6 Å². The molecule has 0 saturated carbocycles. The Morgan fingerprint density at radius 2 is 1.82 bits per heavy atom. The molecule has 0 fully saturated rings. The van der Waals surface area contributed by atoms with Gasteiger partial charge in [-0.2, -0.15) is 0 Å². The number of hydrogen-bond donors (Lipinski definition) is 2. The fourth-order valence-corrected chi connectivity index (χ4v) is 1.30. The molecule has 0 aromatic heterocycles. The van der Waals surface area contributed by atoms with Crippen LogP contribution in [0.3, 0.4) is 0 Å². The Morgan fingerprint density at radius 3 is 2.35 bits per heavy atom. The van der Waals surface area contributed by atoms with Gasteiger partial charge in [-0.05, 0) is 11.5 Å². The third kappa shape index (κ3) is 7.20. The van der Waals surface area contributed by atoms with Crippen molar-refractivity contribution in [1.29, 1.82) is 0 Å². The lowest BCUT2D eigenvalue weighted by Gasteiger charge is -2.13. The first-order valence-corrected chi connectivity index (χ1v) is 5.71. The maximum atomic E-state index is 4.17. The van der Waals surface area contributed by atoms with Crippen LogP contribution in [0.1, 0.15) is 19.4 Å². The van der Waals surface area contributed by atoms with Gasteiger partial charge in [-0.25, -0.2) is 0 Å². The molecule has 3 nitrogen and oxygen atoms in total. The first-order chi connectivity index (χ1) is 7.72. The summed E-state index contributed by atoms with van der Waals surface area (Å²) in [6.45, 7) is 6.10. The fraction of sp³-hybridized carbons (Fsp3) is 0.462. The Labute approximate surface area is 121 Å². The largest absolute Gasteiger partial charge is 0.356 e. The van der Waals surface area contributed by atoms with Gasteiger partial charge in [0.1, 0.15) is 0 Å². The van der Waals surface area contributed by atoms with Crippen molar-refractivity contribution < 1.29 is 0 Å².